The van der Waals surface area contributed by atoms with Crippen molar-refractivity contribution < 1.29 is 49.3 Å². The minimum atomic E-state index is -1.82. The minimum Gasteiger partial charge on any atom is -0.482 e. The van der Waals surface area contributed by atoms with E-state index in [1.807, 2.05) is 24.1 Å². The molecule has 0 unspecified atom stereocenters. The van der Waals surface area contributed by atoms with Crippen molar-refractivity contribution in [3.63, 3.8) is 0 Å². The second-order valence-corrected chi connectivity index (χ2v) is 14.9. The Balaban J connectivity index is 1.22. The molecule has 0 radical (unpaired) electrons. The Hall–Kier alpha value is -3.63. The van der Waals surface area contributed by atoms with Crippen LogP contribution in [0, 0.1) is 18.3 Å². The van der Waals surface area contributed by atoms with Crippen LogP contribution < -0.4 is 20.4 Å². The van der Waals surface area contributed by atoms with Crippen molar-refractivity contribution in [2.24, 2.45) is 16.3 Å². The van der Waals surface area contributed by atoms with Crippen LogP contribution in [0.5, 0.6) is 5.75 Å². The van der Waals surface area contributed by atoms with E-state index >= 15 is 0 Å². The average molecular weight is 710 g/mol. The SMILES string of the molecule is Cc1cc(=O)c2cc3c(c(N4C=C5N=CC=C5C4)c2o1)O[C@](C)(CC[C@H]1CNC(=O)C12CCCCC2)[C@H](OOC[C@H](O)[C@@H](O)[C@H](O)[C@H](O)CO)C3. The van der Waals surface area contributed by atoms with Gasteiger partial charge in [-0.3, -0.25) is 14.6 Å². The number of aliphatic imine (C=N–C) groups is 1. The number of aliphatic hydroxyl groups is 5. The van der Waals surface area contributed by atoms with E-state index in [0.717, 1.165) is 43.4 Å². The fraction of sp³-hybridized carbons (Fsp3) is 0.595. The Bertz CT molecular complexity index is 1810. The lowest BCUT2D eigenvalue weighted by molar-refractivity contribution is -0.360. The number of nitrogens with one attached hydrogen (secondary N) is 1. The van der Waals surface area contributed by atoms with Crippen LogP contribution in [-0.4, -0.2) is 100 Å². The molecule has 5 heterocycles. The molecule has 14 heteroatoms. The Morgan fingerprint density at radius 2 is 1.86 bits per heavy atom. The van der Waals surface area contributed by atoms with Gasteiger partial charge in [0.25, 0.3) is 0 Å². The summed E-state index contributed by atoms with van der Waals surface area (Å²) in [7, 11) is 0. The number of rotatable bonds is 12. The Morgan fingerprint density at radius 1 is 1.10 bits per heavy atom. The van der Waals surface area contributed by atoms with Gasteiger partial charge >= 0.3 is 0 Å². The zero-order chi connectivity index (χ0) is 36.1. The largest absolute Gasteiger partial charge is 0.482 e. The zero-order valence-corrected chi connectivity index (χ0v) is 28.9. The highest BCUT2D eigenvalue weighted by atomic mass is 17.2. The van der Waals surface area contributed by atoms with E-state index in [-0.39, 0.29) is 23.7 Å². The second-order valence-electron chi connectivity index (χ2n) is 14.9. The predicted molar refractivity (Wildman–Crippen MR) is 185 cm³/mol. The topological polar surface area (TPSA) is 204 Å². The Labute approximate surface area is 294 Å². The fourth-order valence-electron chi connectivity index (χ4n) is 8.44. The molecule has 276 valence electrons. The van der Waals surface area contributed by atoms with Gasteiger partial charge in [-0.1, -0.05) is 19.3 Å². The van der Waals surface area contributed by atoms with Crippen molar-refractivity contribution in [3.8, 4) is 5.75 Å². The Kier molecular flexibility index (Phi) is 9.86. The summed E-state index contributed by atoms with van der Waals surface area (Å²) >= 11 is 0. The molecule has 1 amide bonds. The van der Waals surface area contributed by atoms with Gasteiger partial charge in [0.2, 0.25) is 5.91 Å². The second kappa shape index (κ2) is 14.1. The third-order valence-electron chi connectivity index (χ3n) is 11.5. The van der Waals surface area contributed by atoms with Crippen LogP contribution >= 0.6 is 0 Å². The molecule has 1 spiro atoms. The van der Waals surface area contributed by atoms with Crippen molar-refractivity contribution in [1.29, 1.82) is 0 Å². The van der Waals surface area contributed by atoms with Crippen LogP contribution in [0.2, 0.25) is 0 Å². The summed E-state index contributed by atoms with van der Waals surface area (Å²) in [4.78, 5) is 44.5. The summed E-state index contributed by atoms with van der Waals surface area (Å²) in [6, 6.07) is 3.19. The number of benzene rings is 1. The van der Waals surface area contributed by atoms with E-state index in [4.69, 9.17) is 24.0 Å². The number of hydrogen-bond acceptors (Lipinski definition) is 13. The number of anilines is 1. The zero-order valence-electron chi connectivity index (χ0n) is 28.9. The molecule has 2 fully saturated rings. The van der Waals surface area contributed by atoms with Crippen LogP contribution in [0.1, 0.15) is 63.2 Å². The molecular weight excluding hydrogens is 662 g/mol. The summed E-state index contributed by atoms with van der Waals surface area (Å²) in [6.45, 7) is 3.35. The molecule has 1 aromatic carbocycles. The molecule has 14 nitrogen and oxygen atoms in total. The molecule has 4 aliphatic heterocycles. The fourth-order valence-corrected chi connectivity index (χ4v) is 8.44. The third-order valence-corrected chi connectivity index (χ3v) is 11.5. The van der Waals surface area contributed by atoms with Crippen molar-refractivity contribution in [2.75, 3.05) is 31.2 Å². The van der Waals surface area contributed by atoms with E-state index in [1.165, 1.54) is 6.07 Å². The van der Waals surface area contributed by atoms with Crippen LogP contribution in [0.4, 0.5) is 5.69 Å². The molecule has 1 aromatic heterocycles. The normalized spacial score (nSPS) is 27.4. The monoisotopic (exact) mass is 709 g/mol. The molecule has 2 aromatic rings. The maximum atomic E-state index is 13.4. The molecule has 1 saturated heterocycles. The summed E-state index contributed by atoms with van der Waals surface area (Å²) in [5.74, 6) is 1.20. The van der Waals surface area contributed by atoms with Gasteiger partial charge in [-0.2, -0.15) is 0 Å². The van der Waals surface area contributed by atoms with Crippen LogP contribution in [0.3, 0.4) is 0 Å². The van der Waals surface area contributed by atoms with Crippen LogP contribution in [0.25, 0.3) is 11.0 Å². The number of aryl methyl sites for hydroxylation is 1. The average Bonchev–Trinajstić information content (AvgIpc) is 3.81. The lowest BCUT2D eigenvalue weighted by atomic mass is 9.65. The van der Waals surface area contributed by atoms with Crippen molar-refractivity contribution in [2.45, 2.75) is 101 Å². The number of aliphatic hydroxyl groups excluding tert-OH is 5. The minimum absolute atomic E-state index is 0.0920. The van der Waals surface area contributed by atoms with Gasteiger partial charge < -0.3 is 44.9 Å². The first kappa shape index (κ1) is 35.8. The van der Waals surface area contributed by atoms with Gasteiger partial charge in [-0.25, -0.2) is 9.78 Å². The van der Waals surface area contributed by atoms with E-state index < -0.39 is 54.7 Å². The number of allylic oxidation sites excluding steroid dienone is 1. The number of ether oxygens (including phenoxy) is 1. The summed E-state index contributed by atoms with van der Waals surface area (Å²) in [6.07, 6.45) is 4.08. The van der Waals surface area contributed by atoms with Gasteiger partial charge in [0.05, 0.1) is 29.6 Å². The first-order valence-electron chi connectivity index (χ1n) is 17.8. The van der Waals surface area contributed by atoms with Gasteiger partial charge in [0.15, 0.2) is 16.8 Å². The summed E-state index contributed by atoms with van der Waals surface area (Å²) in [5.41, 5.74) is 1.85. The van der Waals surface area contributed by atoms with Crippen molar-refractivity contribution >= 4 is 28.8 Å². The van der Waals surface area contributed by atoms with Crippen LogP contribution in [-0.2, 0) is 21.0 Å². The van der Waals surface area contributed by atoms with Gasteiger partial charge in [0.1, 0.15) is 54.2 Å². The van der Waals surface area contributed by atoms with Crippen molar-refractivity contribution in [3.05, 3.63) is 57.2 Å². The number of carbonyl (C=O) groups excluding carboxylic acids is 1. The number of carbonyl (C=O) groups is 1. The van der Waals surface area contributed by atoms with Crippen molar-refractivity contribution in [1.82, 2.24) is 5.32 Å². The molecule has 1 aliphatic carbocycles. The first-order chi connectivity index (χ1) is 24.4. The maximum Gasteiger partial charge on any atom is 0.226 e. The smallest absolute Gasteiger partial charge is 0.226 e. The Morgan fingerprint density at radius 3 is 2.61 bits per heavy atom. The lowest BCUT2D eigenvalue weighted by Crippen LogP contribution is -2.52. The molecule has 7 rings (SSSR count). The molecule has 5 aliphatic rings. The maximum absolute atomic E-state index is 13.4. The van der Waals surface area contributed by atoms with E-state index in [9.17, 15) is 30.0 Å². The summed E-state index contributed by atoms with van der Waals surface area (Å²) < 4.78 is 13.3. The number of amides is 1. The van der Waals surface area contributed by atoms with Crippen LogP contribution in [0.15, 0.2) is 49.9 Å². The quantitative estimate of drug-likeness (QED) is 0.138. The number of fused-ring (bicyclic) bond motifs is 3. The predicted octanol–water partition coefficient (Wildman–Crippen LogP) is 1.70. The van der Waals surface area contributed by atoms with E-state index in [1.54, 1.807) is 19.2 Å². The van der Waals surface area contributed by atoms with Gasteiger partial charge in [0, 0.05) is 42.6 Å². The number of hydrogen-bond donors (Lipinski definition) is 6. The first-order valence-corrected chi connectivity index (χ1v) is 17.8. The molecular formula is C37H47N3O11. The highest BCUT2D eigenvalue weighted by Crippen LogP contribution is 2.51. The highest BCUT2D eigenvalue weighted by molar-refractivity contribution is 5.96. The third kappa shape index (κ3) is 6.52. The lowest BCUT2D eigenvalue weighted by Gasteiger charge is -2.44. The van der Waals surface area contributed by atoms with Gasteiger partial charge in [-0.15, -0.1) is 0 Å². The molecule has 1 saturated carbocycles. The number of nitrogens with zero attached hydrogens (tertiary/aromatic N) is 2. The van der Waals surface area contributed by atoms with Gasteiger partial charge in [-0.05, 0) is 57.6 Å². The molecule has 6 N–H and O–H groups in total. The summed E-state index contributed by atoms with van der Waals surface area (Å²) in [5, 5.41) is 53.3. The molecule has 51 heavy (non-hydrogen) atoms. The molecule has 0 bridgehead atoms. The standard InChI is InChI=1S/C37H47N3O11/c1-20-12-26(42)24-13-22-14-29(51-48-19-28(44)32(46)31(45)27(43)18-41)36(2,10-6-23-15-39-35(47)37(23)8-4-3-5-9-37)50-33(22)30(34(24)49-20)40-16-21-7-11-38-25(21)17-40/h7,11-13,17,23,27-29,31-32,41,43-46H,3-6,8-10,14-16,18-19H2,1-2H3,(H,39,47)/t23-,27+,28-,29+,31+,32+,36+/m0/s1. The highest BCUT2D eigenvalue weighted by Gasteiger charge is 2.52. The van der Waals surface area contributed by atoms with E-state index in [0.29, 0.717) is 59.7 Å². The van der Waals surface area contributed by atoms with E-state index in [2.05, 4.69) is 10.3 Å². The molecule has 7 atom stereocenters.